The van der Waals surface area contributed by atoms with E-state index in [1.807, 2.05) is 6.07 Å². The molecule has 1 saturated heterocycles. The molecule has 1 amide bonds. The van der Waals surface area contributed by atoms with Crippen LogP contribution in [0.1, 0.15) is 12.0 Å². The highest BCUT2D eigenvalue weighted by atomic mass is 32.3. The van der Waals surface area contributed by atoms with E-state index in [-0.39, 0.29) is 13.0 Å². The van der Waals surface area contributed by atoms with E-state index in [0.717, 1.165) is 0 Å². The lowest BCUT2D eigenvalue weighted by molar-refractivity contribution is -0.117. The molecule has 0 saturated carbocycles. The second-order valence-electron chi connectivity index (χ2n) is 6.32. The van der Waals surface area contributed by atoms with Crippen molar-refractivity contribution in [3.05, 3.63) is 29.8 Å². The summed E-state index contributed by atoms with van der Waals surface area (Å²) in [6.45, 7) is 6.16. The Morgan fingerprint density at radius 3 is 2.45 bits per heavy atom. The van der Waals surface area contributed by atoms with Crippen LogP contribution < -0.4 is 4.90 Å². The van der Waals surface area contributed by atoms with Gasteiger partial charge in [-0.25, -0.2) is 0 Å². The molecule has 0 bridgehead atoms. The zero-order valence-electron chi connectivity index (χ0n) is 12.8. The molecule has 1 aliphatic rings. The van der Waals surface area contributed by atoms with E-state index in [2.05, 4.69) is 31.1 Å². The van der Waals surface area contributed by atoms with Gasteiger partial charge in [-0.15, -0.1) is 9.43 Å². The lowest BCUT2D eigenvalue weighted by Crippen LogP contribution is -2.27. The number of halogens is 1. The van der Waals surface area contributed by atoms with Gasteiger partial charge in [0.05, 0.1) is 5.69 Å². The Hall–Kier alpha value is -1.65. The summed E-state index contributed by atoms with van der Waals surface area (Å²) < 4.78 is 35.2. The average Bonchev–Trinajstić information content (AvgIpc) is 2.78. The summed E-state index contributed by atoms with van der Waals surface area (Å²) in [6.07, 6.45) is -0.325. The summed E-state index contributed by atoms with van der Waals surface area (Å²) in [7, 11) is -6.30. The Bertz CT molecular complexity index is 759. The fraction of sp³-hybridized carbons (Fsp3) is 0.400. The minimum atomic E-state index is -4.72. The van der Waals surface area contributed by atoms with E-state index in [9.17, 15) is 17.1 Å². The molecule has 1 heterocycles. The van der Waals surface area contributed by atoms with Crippen LogP contribution in [0.4, 0.5) is 9.57 Å². The van der Waals surface area contributed by atoms with Gasteiger partial charge in [0.1, 0.15) is 13.3 Å². The summed E-state index contributed by atoms with van der Waals surface area (Å²) in [5.74, 6) is 2.68. The Morgan fingerprint density at radius 1 is 1.27 bits per heavy atom. The lowest BCUT2D eigenvalue weighted by Gasteiger charge is -2.18. The molecule has 1 unspecified atom stereocenters. The number of hydrogen-bond acceptors (Lipinski definition) is 3. The standard InChI is InChI=1S/C15H18FNO3SSi/c1-22(2,3)9-8-12-6-4-5-7-14(12)17-11-13(10-15(17)18)21(16,19)20/h4-7,13H,10-11H2,1-3H3. The van der Waals surface area contributed by atoms with Gasteiger partial charge in [-0.05, 0) is 12.1 Å². The molecule has 1 fully saturated rings. The molecule has 1 aliphatic heterocycles. The van der Waals surface area contributed by atoms with Gasteiger partial charge in [0.15, 0.2) is 0 Å². The van der Waals surface area contributed by atoms with Crippen molar-refractivity contribution in [1.29, 1.82) is 0 Å². The SMILES string of the molecule is C[Si](C)(C)C#Cc1ccccc1N1CC(S(=O)(=O)F)CC1=O. The van der Waals surface area contributed by atoms with Crippen molar-refractivity contribution in [1.82, 2.24) is 0 Å². The Labute approximate surface area is 131 Å². The van der Waals surface area contributed by atoms with Gasteiger partial charge in [0, 0.05) is 18.5 Å². The minimum Gasteiger partial charge on any atom is -0.310 e. The van der Waals surface area contributed by atoms with Gasteiger partial charge in [0.25, 0.3) is 0 Å². The number of anilines is 1. The number of carbonyl (C=O) groups is 1. The molecular formula is C15H18FNO3SSi. The largest absolute Gasteiger partial charge is 0.310 e. The Balaban J connectivity index is 2.38. The molecule has 1 aromatic carbocycles. The molecule has 2 rings (SSSR count). The van der Waals surface area contributed by atoms with Gasteiger partial charge in [0.2, 0.25) is 5.91 Å². The van der Waals surface area contributed by atoms with E-state index in [0.29, 0.717) is 11.3 Å². The Morgan fingerprint density at radius 2 is 1.91 bits per heavy atom. The van der Waals surface area contributed by atoms with Gasteiger partial charge >= 0.3 is 10.2 Å². The van der Waals surface area contributed by atoms with Crippen molar-refractivity contribution < 1.29 is 17.1 Å². The molecule has 0 spiro atoms. The van der Waals surface area contributed by atoms with Crippen molar-refractivity contribution in [2.24, 2.45) is 0 Å². The molecule has 0 aromatic heterocycles. The van der Waals surface area contributed by atoms with Crippen LogP contribution in [0.5, 0.6) is 0 Å². The lowest BCUT2D eigenvalue weighted by atomic mass is 10.1. The van der Waals surface area contributed by atoms with Crippen molar-refractivity contribution in [2.45, 2.75) is 31.3 Å². The predicted octanol–water partition coefficient (Wildman–Crippen LogP) is 2.32. The molecule has 1 aromatic rings. The number of benzene rings is 1. The third-order valence-electron chi connectivity index (χ3n) is 3.25. The zero-order valence-corrected chi connectivity index (χ0v) is 14.6. The molecular weight excluding hydrogens is 321 g/mol. The van der Waals surface area contributed by atoms with Gasteiger partial charge in [-0.1, -0.05) is 37.7 Å². The van der Waals surface area contributed by atoms with Crippen molar-refractivity contribution in [3.8, 4) is 11.5 Å². The molecule has 118 valence electrons. The summed E-state index contributed by atoms with van der Waals surface area (Å²) in [5, 5.41) is -1.29. The summed E-state index contributed by atoms with van der Waals surface area (Å²) in [5.41, 5.74) is 4.42. The van der Waals surface area contributed by atoms with E-state index in [1.54, 1.807) is 18.2 Å². The first kappa shape index (κ1) is 16.7. The minimum absolute atomic E-state index is 0.163. The van der Waals surface area contributed by atoms with E-state index < -0.39 is 29.5 Å². The second kappa shape index (κ2) is 5.86. The average molecular weight is 339 g/mol. The molecule has 1 atom stereocenters. The summed E-state index contributed by atoms with van der Waals surface area (Å²) >= 11 is 0. The number of hydrogen-bond donors (Lipinski definition) is 0. The van der Waals surface area contributed by atoms with Crippen LogP contribution in [-0.2, 0) is 15.0 Å². The Kier molecular flexibility index (Phi) is 4.45. The highest BCUT2D eigenvalue weighted by Gasteiger charge is 2.39. The monoisotopic (exact) mass is 339 g/mol. The van der Waals surface area contributed by atoms with Crippen LogP contribution >= 0.6 is 0 Å². The number of amides is 1. The summed E-state index contributed by atoms with van der Waals surface area (Å²) in [6, 6.07) is 7.05. The number of rotatable bonds is 2. The molecule has 0 N–H and O–H groups in total. The number of nitrogens with zero attached hydrogens (tertiary/aromatic N) is 1. The molecule has 7 heteroatoms. The topological polar surface area (TPSA) is 54.5 Å². The number of carbonyl (C=O) groups excluding carboxylic acids is 1. The van der Waals surface area contributed by atoms with Gasteiger partial charge in [-0.3, -0.25) is 4.79 Å². The smallest absolute Gasteiger partial charge is 0.307 e. The fourth-order valence-corrected chi connectivity index (χ4v) is 3.34. The third kappa shape index (κ3) is 3.96. The molecule has 0 aliphatic carbocycles. The van der Waals surface area contributed by atoms with E-state index in [4.69, 9.17) is 0 Å². The van der Waals surface area contributed by atoms with Crippen LogP contribution in [0.3, 0.4) is 0 Å². The van der Waals surface area contributed by atoms with Gasteiger partial charge in [-0.2, -0.15) is 8.42 Å². The van der Waals surface area contributed by atoms with Crippen LogP contribution in [0.2, 0.25) is 19.6 Å². The highest BCUT2D eigenvalue weighted by Crippen LogP contribution is 2.28. The molecule has 22 heavy (non-hydrogen) atoms. The quantitative estimate of drug-likeness (QED) is 0.472. The van der Waals surface area contributed by atoms with Crippen LogP contribution in [0, 0.1) is 11.5 Å². The predicted molar refractivity (Wildman–Crippen MR) is 87.5 cm³/mol. The maximum absolute atomic E-state index is 13.1. The first-order chi connectivity index (χ1) is 10.1. The van der Waals surface area contributed by atoms with Crippen molar-refractivity contribution >= 4 is 29.9 Å². The third-order valence-corrected chi connectivity index (χ3v) is 5.24. The highest BCUT2D eigenvalue weighted by molar-refractivity contribution is 7.87. The van der Waals surface area contributed by atoms with Crippen LogP contribution in [-0.4, -0.2) is 34.2 Å². The zero-order chi connectivity index (χ0) is 16.5. The second-order valence-corrected chi connectivity index (χ2v) is 12.7. The van der Waals surface area contributed by atoms with Crippen LogP contribution in [0.25, 0.3) is 0 Å². The van der Waals surface area contributed by atoms with E-state index >= 15 is 0 Å². The van der Waals surface area contributed by atoms with Crippen LogP contribution in [0.15, 0.2) is 24.3 Å². The number of para-hydroxylation sites is 1. The first-order valence-corrected chi connectivity index (χ1v) is 11.9. The van der Waals surface area contributed by atoms with Gasteiger partial charge < -0.3 is 4.90 Å². The summed E-state index contributed by atoms with van der Waals surface area (Å²) in [4.78, 5) is 13.4. The molecule has 0 radical (unpaired) electrons. The molecule has 4 nitrogen and oxygen atoms in total. The maximum atomic E-state index is 13.1. The fourth-order valence-electron chi connectivity index (χ4n) is 2.17. The maximum Gasteiger partial charge on any atom is 0.307 e. The van der Waals surface area contributed by atoms with E-state index in [1.165, 1.54) is 4.90 Å². The van der Waals surface area contributed by atoms with Crippen molar-refractivity contribution in [2.75, 3.05) is 11.4 Å². The normalized spacial score (nSPS) is 19.0. The van der Waals surface area contributed by atoms with Crippen molar-refractivity contribution in [3.63, 3.8) is 0 Å². The first-order valence-electron chi connectivity index (χ1n) is 6.94.